The summed E-state index contributed by atoms with van der Waals surface area (Å²) in [6, 6.07) is 22.5. The molecule has 0 saturated heterocycles. The molecule has 0 spiro atoms. The van der Waals surface area contributed by atoms with E-state index in [2.05, 4.69) is 37.8 Å². The minimum Gasteiger partial charge on any atom is -0.493 e. The fourth-order valence-electron chi connectivity index (χ4n) is 3.90. The van der Waals surface area contributed by atoms with Crippen LogP contribution in [0.25, 0.3) is 0 Å². The van der Waals surface area contributed by atoms with Crippen molar-refractivity contribution in [3.63, 3.8) is 0 Å². The van der Waals surface area contributed by atoms with Gasteiger partial charge in [-0.2, -0.15) is 9.82 Å². The third-order valence-electron chi connectivity index (χ3n) is 6.05. The van der Waals surface area contributed by atoms with Crippen molar-refractivity contribution in [1.29, 1.82) is 0 Å². The summed E-state index contributed by atoms with van der Waals surface area (Å²) >= 11 is 20.8. The third kappa shape index (κ3) is 9.31. The van der Waals surface area contributed by atoms with E-state index in [1.165, 1.54) is 25.5 Å². The van der Waals surface area contributed by atoms with Crippen LogP contribution in [0.3, 0.4) is 0 Å². The lowest BCUT2D eigenvalue weighted by Gasteiger charge is -2.17. The summed E-state index contributed by atoms with van der Waals surface area (Å²) in [5.41, 5.74) is 4.40. The first-order chi connectivity index (χ1) is 20.6. The second kappa shape index (κ2) is 15.2. The number of hydrogen-bond donors (Lipinski definition) is 2. The molecule has 13 heteroatoms. The Morgan fingerprint density at radius 3 is 2.37 bits per heavy atom. The summed E-state index contributed by atoms with van der Waals surface area (Å²) in [6.07, 6.45) is 1.47. The predicted octanol–water partition coefficient (Wildman–Crippen LogP) is 6.88. The molecule has 43 heavy (non-hydrogen) atoms. The van der Waals surface area contributed by atoms with Crippen LogP contribution in [0.2, 0.25) is 15.1 Å². The maximum atomic E-state index is 13.2. The van der Waals surface area contributed by atoms with Gasteiger partial charge in [0, 0.05) is 19.2 Å². The molecule has 0 aliphatic carbocycles. The molecule has 0 saturated carbocycles. The van der Waals surface area contributed by atoms with Gasteiger partial charge in [-0.3, -0.25) is 4.79 Å². The van der Waals surface area contributed by atoms with E-state index in [0.717, 1.165) is 9.13 Å². The predicted molar refractivity (Wildman–Crippen MR) is 178 cm³/mol. The van der Waals surface area contributed by atoms with Crippen molar-refractivity contribution in [2.75, 3.05) is 7.11 Å². The van der Waals surface area contributed by atoms with Crippen LogP contribution in [-0.4, -0.2) is 33.7 Å². The number of carbonyl (C=O) groups is 1. The lowest BCUT2D eigenvalue weighted by Crippen LogP contribution is -2.46. The number of nitrogens with one attached hydrogen (secondary N) is 2. The van der Waals surface area contributed by atoms with Gasteiger partial charge in [-0.05, 0) is 88.7 Å². The molecule has 4 aromatic carbocycles. The summed E-state index contributed by atoms with van der Waals surface area (Å²) in [4.78, 5) is 13.2. The van der Waals surface area contributed by atoms with Crippen molar-refractivity contribution in [2.24, 2.45) is 5.10 Å². The lowest BCUT2D eigenvalue weighted by atomic mass is 10.1. The fourth-order valence-corrected chi connectivity index (χ4v) is 6.19. The zero-order chi connectivity index (χ0) is 31.0. The Hall–Kier alpha value is -2.87. The fraction of sp³-hybridized carbons (Fsp3) is 0.133. The topological polar surface area (TPSA) is 106 Å². The monoisotopic (exact) mass is 771 g/mol. The second-order valence-corrected chi connectivity index (χ2v) is 13.3. The van der Waals surface area contributed by atoms with Gasteiger partial charge in [0.1, 0.15) is 12.6 Å². The minimum atomic E-state index is -4.00. The SMILES string of the molecule is COc1cc(/C=N\NC(=O)[C@@H](Cc2ccccc2)NS(=O)(=O)c2ccc(I)cc2)cc(Cl)c1OCc1ccc(Cl)cc1Cl. The zero-order valence-electron chi connectivity index (χ0n) is 22.6. The Morgan fingerprint density at radius 2 is 1.70 bits per heavy atom. The molecule has 0 radical (unpaired) electrons. The molecule has 4 aromatic rings. The Morgan fingerprint density at radius 1 is 0.977 bits per heavy atom. The van der Waals surface area contributed by atoms with E-state index < -0.39 is 22.0 Å². The third-order valence-corrected chi connectivity index (χ3v) is 9.12. The normalized spacial score (nSPS) is 12.2. The highest BCUT2D eigenvalue weighted by atomic mass is 127. The molecule has 8 nitrogen and oxygen atoms in total. The molecule has 0 aliphatic heterocycles. The van der Waals surface area contributed by atoms with Gasteiger partial charge >= 0.3 is 0 Å². The van der Waals surface area contributed by atoms with Gasteiger partial charge in [0.2, 0.25) is 10.0 Å². The van der Waals surface area contributed by atoms with Gasteiger partial charge in [0.25, 0.3) is 5.91 Å². The van der Waals surface area contributed by atoms with Crippen molar-refractivity contribution in [2.45, 2.75) is 24.0 Å². The first-order valence-corrected chi connectivity index (χ1v) is 16.3. The largest absolute Gasteiger partial charge is 0.493 e. The van der Waals surface area contributed by atoms with Crippen LogP contribution < -0.4 is 19.6 Å². The zero-order valence-corrected chi connectivity index (χ0v) is 27.8. The highest BCUT2D eigenvalue weighted by Crippen LogP contribution is 2.37. The molecule has 0 unspecified atom stereocenters. The summed E-state index contributed by atoms with van der Waals surface area (Å²) in [5.74, 6) is -0.0195. The van der Waals surface area contributed by atoms with Crippen LogP contribution in [0.1, 0.15) is 16.7 Å². The van der Waals surface area contributed by atoms with Crippen LogP contribution in [0.5, 0.6) is 11.5 Å². The Bertz CT molecular complexity index is 1720. The summed E-state index contributed by atoms with van der Waals surface area (Å²) in [6.45, 7) is 0.122. The number of halogens is 4. The molecule has 0 aromatic heterocycles. The minimum absolute atomic E-state index is 0.0460. The van der Waals surface area contributed by atoms with Gasteiger partial charge in [-0.25, -0.2) is 13.8 Å². The maximum Gasteiger partial charge on any atom is 0.258 e. The first-order valence-electron chi connectivity index (χ1n) is 12.6. The highest BCUT2D eigenvalue weighted by Gasteiger charge is 2.26. The smallest absolute Gasteiger partial charge is 0.258 e. The van der Waals surface area contributed by atoms with E-state index in [1.807, 2.05) is 30.3 Å². The molecule has 0 aliphatic rings. The second-order valence-electron chi connectivity index (χ2n) is 9.11. The number of amides is 1. The molecule has 0 heterocycles. The number of hydrogen-bond acceptors (Lipinski definition) is 6. The van der Waals surface area contributed by atoms with Crippen molar-refractivity contribution in [3.8, 4) is 11.5 Å². The number of nitrogens with zero attached hydrogens (tertiary/aromatic N) is 1. The van der Waals surface area contributed by atoms with Gasteiger partial charge in [0.05, 0.1) is 23.2 Å². The van der Waals surface area contributed by atoms with Crippen molar-refractivity contribution >= 4 is 79.5 Å². The maximum absolute atomic E-state index is 13.2. The number of carbonyl (C=O) groups excluding carboxylic acids is 1. The Balaban J connectivity index is 1.48. The van der Waals surface area contributed by atoms with Crippen molar-refractivity contribution in [3.05, 3.63) is 120 Å². The number of ether oxygens (including phenoxy) is 2. The number of rotatable bonds is 12. The van der Waals surface area contributed by atoms with E-state index >= 15 is 0 Å². The summed E-state index contributed by atoms with van der Waals surface area (Å²) in [7, 11) is -2.53. The quantitative estimate of drug-likeness (QED) is 0.0929. The lowest BCUT2D eigenvalue weighted by molar-refractivity contribution is -0.122. The number of sulfonamides is 1. The number of methoxy groups -OCH3 is 1. The van der Waals surface area contributed by atoms with E-state index in [1.54, 1.807) is 42.5 Å². The number of benzene rings is 4. The van der Waals surface area contributed by atoms with Crippen LogP contribution in [0.15, 0.2) is 94.9 Å². The molecule has 1 amide bonds. The average Bonchev–Trinajstić information content (AvgIpc) is 2.97. The van der Waals surface area contributed by atoms with Crippen LogP contribution in [0.4, 0.5) is 0 Å². The van der Waals surface area contributed by atoms with Gasteiger partial charge in [-0.1, -0.05) is 71.2 Å². The van der Waals surface area contributed by atoms with Gasteiger partial charge < -0.3 is 9.47 Å². The van der Waals surface area contributed by atoms with Crippen LogP contribution >= 0.6 is 57.4 Å². The summed E-state index contributed by atoms with van der Waals surface area (Å²) in [5, 5.41) is 5.23. The van der Waals surface area contributed by atoms with Gasteiger partial charge in [0.15, 0.2) is 11.5 Å². The van der Waals surface area contributed by atoms with Crippen LogP contribution in [0, 0.1) is 3.57 Å². The molecular formula is C30H25Cl3IN3O5S. The van der Waals surface area contributed by atoms with Crippen molar-refractivity contribution < 1.29 is 22.7 Å². The molecule has 0 bridgehead atoms. The van der Waals surface area contributed by atoms with E-state index in [4.69, 9.17) is 44.3 Å². The van der Waals surface area contributed by atoms with E-state index in [0.29, 0.717) is 32.7 Å². The number of hydrazone groups is 1. The molecule has 1 atom stereocenters. The van der Waals surface area contributed by atoms with E-state index in [9.17, 15) is 13.2 Å². The molecular weight excluding hydrogens is 748 g/mol. The van der Waals surface area contributed by atoms with E-state index in [-0.39, 0.29) is 22.9 Å². The average molecular weight is 773 g/mol. The molecule has 2 N–H and O–H groups in total. The first kappa shape index (κ1) is 33.0. The summed E-state index contributed by atoms with van der Waals surface area (Å²) < 4.78 is 40.9. The highest BCUT2D eigenvalue weighted by molar-refractivity contribution is 14.1. The standard InChI is InChI=1S/C30H25Cl3IN3O5S/c1-41-28-15-20(13-26(33)29(28)42-18-21-7-8-22(31)16-25(21)32)17-35-36-30(38)27(14-19-5-3-2-4-6-19)37-43(39,40)24-11-9-23(34)10-12-24/h2-13,15-17,27,37H,14,18H2,1H3,(H,36,38)/b35-17-/t27-/m1/s1. The molecule has 4 rings (SSSR count). The molecule has 0 fully saturated rings. The van der Waals surface area contributed by atoms with Crippen LogP contribution in [-0.2, 0) is 27.8 Å². The van der Waals surface area contributed by atoms with Crippen molar-refractivity contribution in [1.82, 2.24) is 10.1 Å². The molecule has 224 valence electrons. The van der Waals surface area contributed by atoms with Gasteiger partial charge in [-0.15, -0.1) is 0 Å². The Kier molecular flexibility index (Phi) is 11.7. The Labute approximate surface area is 278 Å².